The Balaban J connectivity index is 1.28. The van der Waals surface area contributed by atoms with Crippen LogP contribution in [0.4, 0.5) is 11.4 Å². The molecule has 1 unspecified atom stereocenters. The Hall–Kier alpha value is -4.79. The van der Waals surface area contributed by atoms with E-state index in [1.165, 1.54) is 29.0 Å². The first-order valence-corrected chi connectivity index (χ1v) is 11.7. The van der Waals surface area contributed by atoms with E-state index in [2.05, 4.69) is 5.32 Å². The maximum atomic E-state index is 13.3. The topological polar surface area (TPSA) is 113 Å². The number of ether oxygens (including phenoxy) is 1. The lowest BCUT2D eigenvalue weighted by atomic mass is 9.97. The standard InChI is InChI=1S/C28H23N3O6/c1-30-26(35)21-9-5-6-10-22(21)31-24(33)15-16-28(30,31)27(36)37-17-23(32)18-11-13-20(14-12-18)29-25(34)19-7-3-2-4-8-19/h2-14H,15-17H2,1H3,(H,29,34). The number of carbonyl (C=O) groups is 5. The molecule has 3 aromatic carbocycles. The molecule has 5 rings (SSSR count). The van der Waals surface area contributed by atoms with E-state index < -0.39 is 29.9 Å². The molecule has 0 saturated carbocycles. The maximum Gasteiger partial charge on any atom is 0.354 e. The van der Waals surface area contributed by atoms with Crippen molar-refractivity contribution in [3.63, 3.8) is 0 Å². The molecule has 9 nitrogen and oxygen atoms in total. The van der Waals surface area contributed by atoms with Gasteiger partial charge >= 0.3 is 5.97 Å². The van der Waals surface area contributed by atoms with Gasteiger partial charge in [-0.3, -0.25) is 24.1 Å². The summed E-state index contributed by atoms with van der Waals surface area (Å²) < 4.78 is 5.39. The largest absolute Gasteiger partial charge is 0.454 e. The van der Waals surface area contributed by atoms with Crippen molar-refractivity contribution >= 4 is 40.8 Å². The van der Waals surface area contributed by atoms with Gasteiger partial charge in [-0.1, -0.05) is 30.3 Å². The SMILES string of the molecule is CN1C(=O)c2ccccc2N2C(=O)CCC12C(=O)OCC(=O)c1ccc(NC(=O)c2ccccc2)cc1. The molecular weight excluding hydrogens is 474 g/mol. The second kappa shape index (κ2) is 9.34. The highest BCUT2D eigenvalue weighted by molar-refractivity contribution is 6.15. The summed E-state index contributed by atoms with van der Waals surface area (Å²) in [4.78, 5) is 66.7. The second-order valence-electron chi connectivity index (χ2n) is 8.82. The van der Waals surface area contributed by atoms with E-state index in [9.17, 15) is 24.0 Å². The molecule has 0 aromatic heterocycles. The smallest absolute Gasteiger partial charge is 0.354 e. The zero-order valence-corrected chi connectivity index (χ0v) is 20.0. The third-order valence-electron chi connectivity index (χ3n) is 6.70. The molecule has 0 spiro atoms. The van der Waals surface area contributed by atoms with Gasteiger partial charge in [-0.2, -0.15) is 0 Å². The number of hydrogen-bond donors (Lipinski definition) is 1. The summed E-state index contributed by atoms with van der Waals surface area (Å²) in [6.45, 7) is -0.567. The first-order valence-electron chi connectivity index (χ1n) is 11.7. The second-order valence-corrected chi connectivity index (χ2v) is 8.82. The van der Waals surface area contributed by atoms with Gasteiger partial charge in [0, 0.05) is 36.7 Å². The molecule has 3 aromatic rings. The predicted octanol–water partition coefficient (Wildman–Crippen LogP) is 3.27. The van der Waals surface area contributed by atoms with Crippen LogP contribution in [-0.2, 0) is 14.3 Å². The highest BCUT2D eigenvalue weighted by atomic mass is 16.5. The molecule has 2 heterocycles. The summed E-state index contributed by atoms with van der Waals surface area (Å²) >= 11 is 0. The fraction of sp³-hybridized carbons (Fsp3) is 0.179. The van der Waals surface area contributed by atoms with Crippen molar-refractivity contribution in [2.45, 2.75) is 18.5 Å². The first-order chi connectivity index (χ1) is 17.8. The Morgan fingerprint density at radius 3 is 2.30 bits per heavy atom. The third-order valence-corrected chi connectivity index (χ3v) is 6.70. The number of hydrogen-bond acceptors (Lipinski definition) is 6. The maximum absolute atomic E-state index is 13.3. The van der Waals surface area contributed by atoms with Crippen molar-refractivity contribution in [3.8, 4) is 0 Å². The Labute approximate surface area is 212 Å². The monoisotopic (exact) mass is 497 g/mol. The predicted molar refractivity (Wildman–Crippen MR) is 134 cm³/mol. The van der Waals surface area contributed by atoms with E-state index in [-0.39, 0.29) is 30.2 Å². The number of benzene rings is 3. The number of Topliss-reactive ketones (excluding diaryl/α,β-unsaturated/α-hetero) is 1. The lowest BCUT2D eigenvalue weighted by Crippen LogP contribution is -2.67. The molecule has 37 heavy (non-hydrogen) atoms. The summed E-state index contributed by atoms with van der Waals surface area (Å²) in [5, 5.41) is 2.75. The van der Waals surface area contributed by atoms with Crippen LogP contribution in [0.5, 0.6) is 0 Å². The number of likely N-dealkylation sites (N-methyl/N-ethyl adjacent to an activating group) is 1. The number of ketones is 1. The molecule has 1 saturated heterocycles. The average molecular weight is 498 g/mol. The Morgan fingerprint density at radius 2 is 1.57 bits per heavy atom. The van der Waals surface area contributed by atoms with Gasteiger partial charge in [0.15, 0.2) is 12.4 Å². The van der Waals surface area contributed by atoms with E-state index in [1.54, 1.807) is 60.7 Å². The summed E-state index contributed by atoms with van der Waals surface area (Å²) in [5.74, 6) is -2.30. The molecular formula is C28H23N3O6. The van der Waals surface area contributed by atoms with Gasteiger partial charge < -0.3 is 15.0 Å². The van der Waals surface area contributed by atoms with Gasteiger partial charge in [-0.05, 0) is 48.5 Å². The quantitative estimate of drug-likeness (QED) is 0.413. The fourth-order valence-electron chi connectivity index (χ4n) is 4.75. The number of rotatable bonds is 6. The van der Waals surface area contributed by atoms with Crippen molar-refractivity contribution in [2.24, 2.45) is 0 Å². The van der Waals surface area contributed by atoms with Crippen molar-refractivity contribution in [1.82, 2.24) is 4.90 Å². The molecule has 1 N–H and O–H groups in total. The van der Waals surface area contributed by atoms with Crippen LogP contribution in [0.2, 0.25) is 0 Å². The molecule has 0 radical (unpaired) electrons. The summed E-state index contributed by atoms with van der Waals surface area (Å²) in [6.07, 6.45) is 0.121. The van der Waals surface area contributed by atoms with Crippen LogP contribution < -0.4 is 10.2 Å². The van der Waals surface area contributed by atoms with Gasteiger partial charge in [0.25, 0.3) is 11.8 Å². The number of amides is 3. The van der Waals surface area contributed by atoms with E-state index in [0.717, 1.165) is 0 Å². The minimum absolute atomic E-state index is 0.0607. The van der Waals surface area contributed by atoms with Crippen LogP contribution in [-0.4, -0.2) is 53.7 Å². The highest BCUT2D eigenvalue weighted by Crippen LogP contribution is 2.44. The molecule has 0 bridgehead atoms. The van der Waals surface area contributed by atoms with Crippen molar-refractivity contribution in [1.29, 1.82) is 0 Å². The minimum atomic E-state index is -1.64. The van der Waals surface area contributed by atoms with Gasteiger partial charge in [0.05, 0.1) is 11.3 Å². The van der Waals surface area contributed by atoms with Crippen LogP contribution in [0.3, 0.4) is 0 Å². The number of nitrogens with zero attached hydrogens (tertiary/aromatic N) is 2. The molecule has 2 aliphatic rings. The van der Waals surface area contributed by atoms with Crippen LogP contribution in [0.15, 0.2) is 78.9 Å². The van der Waals surface area contributed by atoms with Gasteiger partial charge in [0.1, 0.15) is 0 Å². The highest BCUT2D eigenvalue weighted by Gasteiger charge is 2.60. The number of nitrogens with one attached hydrogen (secondary N) is 1. The van der Waals surface area contributed by atoms with Crippen LogP contribution in [0.25, 0.3) is 0 Å². The van der Waals surface area contributed by atoms with Crippen LogP contribution in [0, 0.1) is 0 Å². The lowest BCUT2D eigenvalue weighted by molar-refractivity contribution is -0.155. The van der Waals surface area contributed by atoms with Gasteiger partial charge in [-0.15, -0.1) is 0 Å². The number of anilines is 2. The van der Waals surface area contributed by atoms with E-state index >= 15 is 0 Å². The van der Waals surface area contributed by atoms with Crippen LogP contribution in [0.1, 0.15) is 43.9 Å². The molecule has 1 atom stereocenters. The van der Waals surface area contributed by atoms with E-state index in [0.29, 0.717) is 22.5 Å². The lowest BCUT2D eigenvalue weighted by Gasteiger charge is -2.46. The Kier molecular flexibility index (Phi) is 6.04. The van der Waals surface area contributed by atoms with E-state index in [1.807, 2.05) is 6.07 Å². The van der Waals surface area contributed by atoms with Crippen molar-refractivity contribution in [2.75, 3.05) is 23.9 Å². The zero-order valence-electron chi connectivity index (χ0n) is 20.0. The van der Waals surface area contributed by atoms with Crippen molar-refractivity contribution < 1.29 is 28.7 Å². The molecule has 186 valence electrons. The zero-order chi connectivity index (χ0) is 26.2. The summed E-state index contributed by atoms with van der Waals surface area (Å²) in [6, 6.07) is 21.5. The Bertz CT molecular complexity index is 1420. The van der Waals surface area contributed by atoms with Crippen molar-refractivity contribution in [3.05, 3.63) is 95.6 Å². The van der Waals surface area contributed by atoms with Gasteiger partial charge in [-0.25, -0.2) is 4.79 Å². The summed E-state index contributed by atoms with van der Waals surface area (Å²) in [5.41, 5.74) is 0.308. The minimum Gasteiger partial charge on any atom is -0.454 e. The molecule has 3 amide bonds. The average Bonchev–Trinajstić information content (AvgIpc) is 3.29. The number of fused-ring (bicyclic) bond motifs is 3. The fourth-order valence-corrected chi connectivity index (χ4v) is 4.75. The molecule has 9 heteroatoms. The summed E-state index contributed by atoms with van der Waals surface area (Å²) in [7, 11) is 1.45. The number of carbonyl (C=O) groups excluding carboxylic acids is 5. The van der Waals surface area contributed by atoms with E-state index in [4.69, 9.17) is 4.74 Å². The number of para-hydroxylation sites is 1. The Morgan fingerprint density at radius 1 is 0.892 bits per heavy atom. The first kappa shape index (κ1) is 23.9. The molecule has 0 aliphatic carbocycles. The molecule has 1 fully saturated rings. The normalized spacial score (nSPS) is 18.2. The van der Waals surface area contributed by atoms with Gasteiger partial charge in [0.2, 0.25) is 11.6 Å². The van der Waals surface area contributed by atoms with Crippen LogP contribution >= 0.6 is 0 Å². The third kappa shape index (κ3) is 4.04. The molecule has 2 aliphatic heterocycles. The number of esters is 1.